The van der Waals surface area contributed by atoms with Crippen LogP contribution in [0.5, 0.6) is 0 Å². The highest BCUT2D eigenvalue weighted by Crippen LogP contribution is 2.53. The molecule has 1 saturated carbocycles. The van der Waals surface area contributed by atoms with Gasteiger partial charge in [0.05, 0.1) is 29.7 Å². The molecule has 0 radical (unpaired) electrons. The third kappa shape index (κ3) is 2.35. The molecule has 28 heavy (non-hydrogen) atoms. The smallest absolute Gasteiger partial charge is 0.262 e. The molecule has 0 aromatic carbocycles. The van der Waals surface area contributed by atoms with E-state index in [1.54, 1.807) is 26.7 Å². The van der Waals surface area contributed by atoms with Crippen molar-refractivity contribution in [3.63, 3.8) is 0 Å². The Kier molecular flexibility index (Phi) is 3.05. The molecule has 142 valence electrons. The van der Waals surface area contributed by atoms with Gasteiger partial charge in [-0.2, -0.15) is 10.2 Å². The second-order valence-electron chi connectivity index (χ2n) is 8.12. The highest BCUT2D eigenvalue weighted by atomic mass is 16.2. The van der Waals surface area contributed by atoms with Gasteiger partial charge >= 0.3 is 0 Å². The maximum atomic E-state index is 12.7. The van der Waals surface area contributed by atoms with Crippen molar-refractivity contribution in [3.05, 3.63) is 42.0 Å². The van der Waals surface area contributed by atoms with Gasteiger partial charge in [-0.05, 0) is 36.8 Å². The van der Waals surface area contributed by atoms with E-state index in [0.717, 1.165) is 30.3 Å². The van der Waals surface area contributed by atoms with Crippen LogP contribution >= 0.6 is 0 Å². The minimum atomic E-state index is -0.0642. The zero-order valence-corrected chi connectivity index (χ0v) is 15.6. The molecule has 2 fully saturated rings. The van der Waals surface area contributed by atoms with Crippen molar-refractivity contribution in [1.29, 1.82) is 0 Å². The van der Waals surface area contributed by atoms with Gasteiger partial charge in [0.15, 0.2) is 11.6 Å². The number of fused-ring (bicyclic) bond motifs is 1. The largest absolute Gasteiger partial charge is 0.355 e. The highest BCUT2D eigenvalue weighted by Gasteiger charge is 2.48. The average molecular weight is 376 g/mol. The topological polar surface area (TPSA) is 85.0 Å². The van der Waals surface area contributed by atoms with Crippen molar-refractivity contribution in [2.45, 2.75) is 25.8 Å². The number of amides is 1. The Bertz CT molecular complexity index is 1080. The maximum absolute atomic E-state index is 12.7. The van der Waals surface area contributed by atoms with Crippen LogP contribution in [-0.4, -0.2) is 48.8 Å². The third-order valence-electron chi connectivity index (χ3n) is 6.17. The Hall–Kier alpha value is -3.23. The SMILES string of the molecule is Cn1cc(N2Cc3nn(-c4ccc(N5CCC6(CC6)C5)nn4)cc3C2=O)cn1. The lowest BCUT2D eigenvalue weighted by Gasteiger charge is -2.16. The first kappa shape index (κ1) is 15.8. The predicted octanol–water partition coefficient (Wildman–Crippen LogP) is 1.55. The fraction of sp³-hybridized carbons (Fsp3) is 0.421. The van der Waals surface area contributed by atoms with Crippen LogP contribution in [0.3, 0.4) is 0 Å². The van der Waals surface area contributed by atoms with E-state index >= 15 is 0 Å². The molecular formula is C19H20N8O. The van der Waals surface area contributed by atoms with Crippen molar-refractivity contribution in [2.24, 2.45) is 12.5 Å². The third-order valence-corrected chi connectivity index (χ3v) is 6.17. The monoisotopic (exact) mass is 376 g/mol. The normalized spacial score (nSPS) is 19.7. The lowest BCUT2D eigenvalue weighted by atomic mass is 10.1. The Morgan fingerprint density at radius 3 is 2.54 bits per heavy atom. The summed E-state index contributed by atoms with van der Waals surface area (Å²) in [7, 11) is 1.83. The molecule has 0 unspecified atom stereocenters. The van der Waals surface area contributed by atoms with Gasteiger partial charge in [-0.15, -0.1) is 10.2 Å². The van der Waals surface area contributed by atoms with E-state index in [-0.39, 0.29) is 5.91 Å². The summed E-state index contributed by atoms with van der Waals surface area (Å²) in [5, 5.41) is 17.5. The minimum absolute atomic E-state index is 0.0642. The van der Waals surface area contributed by atoms with E-state index in [9.17, 15) is 4.79 Å². The maximum Gasteiger partial charge on any atom is 0.262 e. The van der Waals surface area contributed by atoms with Gasteiger partial charge in [0.2, 0.25) is 0 Å². The van der Waals surface area contributed by atoms with Crippen molar-refractivity contribution in [3.8, 4) is 5.82 Å². The van der Waals surface area contributed by atoms with Crippen molar-refractivity contribution in [2.75, 3.05) is 22.9 Å². The molecular weight excluding hydrogens is 356 g/mol. The zero-order chi connectivity index (χ0) is 18.9. The summed E-state index contributed by atoms with van der Waals surface area (Å²) < 4.78 is 3.33. The van der Waals surface area contributed by atoms with Crippen LogP contribution < -0.4 is 9.80 Å². The molecule has 2 aliphatic heterocycles. The van der Waals surface area contributed by atoms with E-state index in [4.69, 9.17) is 0 Å². The summed E-state index contributed by atoms with van der Waals surface area (Å²) in [6, 6.07) is 3.92. The van der Waals surface area contributed by atoms with Crippen LogP contribution in [0.25, 0.3) is 5.82 Å². The first-order valence-corrected chi connectivity index (χ1v) is 9.58. The van der Waals surface area contributed by atoms with Crippen molar-refractivity contribution in [1.82, 2.24) is 29.8 Å². The Morgan fingerprint density at radius 1 is 1.07 bits per heavy atom. The highest BCUT2D eigenvalue weighted by molar-refractivity contribution is 6.09. The summed E-state index contributed by atoms with van der Waals surface area (Å²) in [6.07, 6.45) is 9.21. The quantitative estimate of drug-likeness (QED) is 0.689. The number of nitrogens with zero attached hydrogens (tertiary/aromatic N) is 8. The summed E-state index contributed by atoms with van der Waals surface area (Å²) in [6.45, 7) is 2.59. The van der Waals surface area contributed by atoms with Crippen molar-refractivity contribution < 1.29 is 4.79 Å². The van der Waals surface area contributed by atoms with Crippen LogP contribution in [0.2, 0.25) is 0 Å². The number of hydrogen-bond donors (Lipinski definition) is 0. The van der Waals surface area contributed by atoms with Gasteiger partial charge < -0.3 is 4.90 Å². The molecule has 0 atom stereocenters. The van der Waals surface area contributed by atoms with Gasteiger partial charge in [0, 0.05) is 32.5 Å². The standard InChI is InChI=1S/C19H20N8O/c1-24-9-13(8-20-24)26-11-15-14(18(26)28)10-27(23-15)17-3-2-16(21-22-17)25-7-6-19(12-25)4-5-19/h2-3,8-10H,4-7,11-12H2,1H3. The van der Waals surface area contributed by atoms with Crippen LogP contribution in [0, 0.1) is 5.41 Å². The second-order valence-corrected chi connectivity index (χ2v) is 8.12. The number of aromatic nitrogens is 6. The van der Waals surface area contributed by atoms with Crippen LogP contribution in [-0.2, 0) is 13.6 Å². The molecule has 5 heterocycles. The van der Waals surface area contributed by atoms with Crippen molar-refractivity contribution >= 4 is 17.4 Å². The summed E-state index contributed by atoms with van der Waals surface area (Å²) in [4.78, 5) is 16.7. The van der Waals surface area contributed by atoms with Gasteiger partial charge in [-0.3, -0.25) is 14.4 Å². The molecule has 0 bridgehead atoms. The zero-order valence-electron chi connectivity index (χ0n) is 15.6. The Balaban J connectivity index is 1.22. The first-order chi connectivity index (χ1) is 13.6. The Labute approximate surface area is 161 Å². The van der Waals surface area contributed by atoms with E-state index in [2.05, 4.69) is 25.3 Å². The number of rotatable bonds is 3. The molecule has 6 rings (SSSR count). The summed E-state index contributed by atoms with van der Waals surface area (Å²) in [5.41, 5.74) is 2.68. The number of carbonyl (C=O) groups excluding carboxylic acids is 1. The van der Waals surface area contributed by atoms with E-state index < -0.39 is 0 Å². The molecule has 1 saturated heterocycles. The summed E-state index contributed by atoms with van der Waals surface area (Å²) in [5.74, 6) is 1.48. The Morgan fingerprint density at radius 2 is 1.89 bits per heavy atom. The van der Waals surface area contributed by atoms with Gasteiger partial charge in [0.1, 0.15) is 0 Å². The minimum Gasteiger partial charge on any atom is -0.355 e. The lowest BCUT2D eigenvalue weighted by molar-refractivity contribution is 0.0996. The van der Waals surface area contributed by atoms with Crippen LogP contribution in [0.1, 0.15) is 35.3 Å². The fourth-order valence-corrected chi connectivity index (χ4v) is 4.27. The second kappa shape index (κ2) is 5.40. The van der Waals surface area contributed by atoms with Gasteiger partial charge in [-0.1, -0.05) is 0 Å². The number of carbonyl (C=O) groups is 1. The molecule has 0 N–H and O–H groups in total. The van der Waals surface area contributed by atoms with Crippen LogP contribution in [0.15, 0.2) is 30.7 Å². The number of aryl methyl sites for hydroxylation is 1. The molecule has 1 spiro atoms. The molecule has 1 aliphatic carbocycles. The number of hydrogen-bond acceptors (Lipinski definition) is 6. The molecule has 9 heteroatoms. The molecule has 3 aromatic heterocycles. The molecule has 3 aromatic rings. The van der Waals surface area contributed by atoms with Crippen LogP contribution in [0.4, 0.5) is 11.5 Å². The molecule has 1 amide bonds. The van der Waals surface area contributed by atoms with E-state index in [1.807, 2.05) is 25.4 Å². The average Bonchev–Trinajstić information content (AvgIpc) is 3.07. The lowest BCUT2D eigenvalue weighted by Crippen LogP contribution is -2.23. The molecule has 9 nitrogen and oxygen atoms in total. The van der Waals surface area contributed by atoms with Gasteiger partial charge in [0.25, 0.3) is 5.91 Å². The summed E-state index contributed by atoms with van der Waals surface area (Å²) >= 11 is 0. The van der Waals surface area contributed by atoms with Gasteiger partial charge in [-0.25, -0.2) is 4.68 Å². The van der Waals surface area contributed by atoms with E-state index in [0.29, 0.717) is 23.3 Å². The first-order valence-electron chi connectivity index (χ1n) is 9.58. The van der Waals surface area contributed by atoms with E-state index in [1.165, 1.54) is 19.3 Å². The predicted molar refractivity (Wildman–Crippen MR) is 101 cm³/mol. The number of anilines is 2. The fourth-order valence-electron chi connectivity index (χ4n) is 4.27. The molecule has 3 aliphatic rings.